The van der Waals surface area contributed by atoms with Crippen LogP contribution in [0.25, 0.3) is 10.8 Å². The number of aliphatic hydroxyl groups excluding tert-OH is 1. The lowest BCUT2D eigenvalue weighted by atomic mass is 9.99. The van der Waals surface area contributed by atoms with Gasteiger partial charge < -0.3 is 15.7 Å². The van der Waals surface area contributed by atoms with E-state index in [2.05, 4.69) is 10.6 Å². The fourth-order valence-corrected chi connectivity index (χ4v) is 2.95. The van der Waals surface area contributed by atoms with Crippen molar-refractivity contribution in [2.24, 2.45) is 0 Å². The average Bonchev–Trinajstić information content (AvgIpc) is 2.61. The van der Waals surface area contributed by atoms with Gasteiger partial charge in [0.25, 0.3) is 0 Å². The fraction of sp³-hybridized carbons (Fsp3) is 0.150. The molecule has 0 aromatic heterocycles. The zero-order valence-corrected chi connectivity index (χ0v) is 14.3. The smallest absolute Gasteiger partial charge is 0.319 e. The zero-order chi connectivity index (χ0) is 17.6. The van der Waals surface area contributed by atoms with E-state index in [1.807, 2.05) is 42.5 Å². The third kappa shape index (κ3) is 4.50. The Balaban J connectivity index is 1.55. The lowest BCUT2D eigenvalue weighted by Crippen LogP contribution is -2.30. The highest BCUT2D eigenvalue weighted by molar-refractivity contribution is 6.30. The van der Waals surface area contributed by atoms with E-state index >= 15 is 0 Å². The summed E-state index contributed by atoms with van der Waals surface area (Å²) >= 11 is 5.88. The molecule has 1 unspecified atom stereocenters. The SMILES string of the molecule is O=C(NCCC(O)c1cccc2ccccc12)Nc1cccc(Cl)c1. The van der Waals surface area contributed by atoms with Crippen LogP contribution in [0.15, 0.2) is 66.7 Å². The number of urea groups is 1. The molecule has 0 aliphatic carbocycles. The molecular formula is C20H19ClN2O2. The number of anilines is 1. The first-order chi connectivity index (χ1) is 12.1. The molecular weight excluding hydrogens is 336 g/mol. The molecule has 3 aromatic rings. The van der Waals surface area contributed by atoms with Crippen LogP contribution in [-0.4, -0.2) is 17.7 Å². The molecule has 4 nitrogen and oxygen atoms in total. The predicted molar refractivity (Wildman–Crippen MR) is 102 cm³/mol. The molecule has 3 N–H and O–H groups in total. The van der Waals surface area contributed by atoms with Gasteiger partial charge in [-0.1, -0.05) is 60.1 Å². The van der Waals surface area contributed by atoms with Crippen molar-refractivity contribution in [1.82, 2.24) is 5.32 Å². The molecule has 25 heavy (non-hydrogen) atoms. The Hall–Kier alpha value is -2.56. The number of amides is 2. The van der Waals surface area contributed by atoms with E-state index in [9.17, 15) is 9.90 Å². The van der Waals surface area contributed by atoms with Gasteiger partial charge in [0, 0.05) is 17.3 Å². The highest BCUT2D eigenvalue weighted by Gasteiger charge is 2.11. The Morgan fingerprint density at radius 2 is 1.80 bits per heavy atom. The van der Waals surface area contributed by atoms with Crippen LogP contribution in [0.4, 0.5) is 10.5 Å². The first-order valence-electron chi connectivity index (χ1n) is 8.09. The second-order valence-electron chi connectivity index (χ2n) is 5.76. The summed E-state index contributed by atoms with van der Waals surface area (Å²) in [6.45, 7) is 0.358. The molecule has 0 aliphatic heterocycles. The minimum atomic E-state index is -0.641. The molecule has 3 aromatic carbocycles. The van der Waals surface area contributed by atoms with Gasteiger partial charge in [0.05, 0.1) is 6.10 Å². The van der Waals surface area contributed by atoms with E-state index < -0.39 is 6.10 Å². The number of halogens is 1. The summed E-state index contributed by atoms with van der Waals surface area (Å²) in [6, 6.07) is 20.4. The minimum Gasteiger partial charge on any atom is -0.388 e. The van der Waals surface area contributed by atoms with Gasteiger partial charge in [-0.2, -0.15) is 0 Å². The second-order valence-corrected chi connectivity index (χ2v) is 6.20. The standard InChI is InChI=1S/C20H19ClN2O2/c21-15-7-4-8-16(13-15)23-20(25)22-12-11-19(24)18-10-3-6-14-5-1-2-9-17(14)18/h1-10,13,19,24H,11-12H2,(H2,22,23,25). The molecule has 1 atom stereocenters. The van der Waals surface area contributed by atoms with Crippen LogP contribution in [0.1, 0.15) is 18.1 Å². The van der Waals surface area contributed by atoms with E-state index in [0.29, 0.717) is 23.7 Å². The molecule has 0 heterocycles. The largest absolute Gasteiger partial charge is 0.388 e. The van der Waals surface area contributed by atoms with Crippen molar-refractivity contribution in [1.29, 1.82) is 0 Å². The van der Waals surface area contributed by atoms with Crippen LogP contribution in [0.3, 0.4) is 0 Å². The molecule has 0 radical (unpaired) electrons. The second kappa shape index (κ2) is 8.01. The van der Waals surface area contributed by atoms with Crippen molar-refractivity contribution in [3.8, 4) is 0 Å². The van der Waals surface area contributed by atoms with Crippen molar-refractivity contribution in [3.05, 3.63) is 77.3 Å². The number of hydrogen-bond acceptors (Lipinski definition) is 2. The normalized spacial score (nSPS) is 11.9. The number of fused-ring (bicyclic) bond motifs is 1. The van der Waals surface area contributed by atoms with Gasteiger partial charge in [-0.05, 0) is 41.0 Å². The van der Waals surface area contributed by atoms with Gasteiger partial charge in [-0.25, -0.2) is 4.79 Å². The molecule has 0 bridgehead atoms. The van der Waals surface area contributed by atoms with E-state index in [4.69, 9.17) is 11.6 Å². The highest BCUT2D eigenvalue weighted by atomic mass is 35.5. The molecule has 0 aliphatic rings. The van der Waals surface area contributed by atoms with Crippen LogP contribution in [0.5, 0.6) is 0 Å². The molecule has 3 rings (SSSR count). The zero-order valence-electron chi connectivity index (χ0n) is 13.6. The first kappa shape index (κ1) is 17.3. The van der Waals surface area contributed by atoms with Crippen molar-refractivity contribution < 1.29 is 9.90 Å². The van der Waals surface area contributed by atoms with Gasteiger partial charge >= 0.3 is 6.03 Å². The number of rotatable bonds is 5. The predicted octanol–water partition coefficient (Wildman–Crippen LogP) is 4.74. The van der Waals surface area contributed by atoms with Crippen molar-refractivity contribution in [2.75, 3.05) is 11.9 Å². The monoisotopic (exact) mass is 354 g/mol. The van der Waals surface area contributed by atoms with Gasteiger partial charge in [-0.3, -0.25) is 0 Å². The van der Waals surface area contributed by atoms with Crippen LogP contribution in [0.2, 0.25) is 5.02 Å². The molecule has 0 fully saturated rings. The summed E-state index contributed by atoms with van der Waals surface area (Å²) in [7, 11) is 0. The quantitative estimate of drug-likeness (QED) is 0.619. The van der Waals surface area contributed by atoms with Crippen LogP contribution >= 0.6 is 11.6 Å². The van der Waals surface area contributed by atoms with Crippen molar-refractivity contribution >= 4 is 34.1 Å². The Labute approximate surface area is 151 Å². The number of benzene rings is 3. The van der Waals surface area contributed by atoms with E-state index in [0.717, 1.165) is 16.3 Å². The number of carbonyl (C=O) groups excluding carboxylic acids is 1. The minimum absolute atomic E-state index is 0.326. The van der Waals surface area contributed by atoms with Gasteiger partial charge in [0.2, 0.25) is 0 Å². The van der Waals surface area contributed by atoms with Crippen LogP contribution < -0.4 is 10.6 Å². The fourth-order valence-electron chi connectivity index (χ4n) is 2.76. The summed E-state index contributed by atoms with van der Waals surface area (Å²) in [6.07, 6.45) is -0.214. The number of hydrogen-bond donors (Lipinski definition) is 3. The lowest BCUT2D eigenvalue weighted by molar-refractivity contribution is 0.169. The maximum atomic E-state index is 11.9. The van der Waals surface area contributed by atoms with Crippen LogP contribution in [-0.2, 0) is 0 Å². The van der Waals surface area contributed by atoms with Gasteiger partial charge in [0.15, 0.2) is 0 Å². The van der Waals surface area contributed by atoms with Crippen LogP contribution in [0, 0.1) is 0 Å². The van der Waals surface area contributed by atoms with Gasteiger partial charge in [-0.15, -0.1) is 0 Å². The topological polar surface area (TPSA) is 61.4 Å². The molecule has 0 spiro atoms. The molecule has 0 saturated carbocycles. The summed E-state index contributed by atoms with van der Waals surface area (Å²) in [5, 5.41) is 18.6. The maximum Gasteiger partial charge on any atom is 0.319 e. The van der Waals surface area contributed by atoms with E-state index in [-0.39, 0.29) is 6.03 Å². The highest BCUT2D eigenvalue weighted by Crippen LogP contribution is 2.25. The Morgan fingerprint density at radius 3 is 2.64 bits per heavy atom. The Morgan fingerprint density at radius 1 is 1.04 bits per heavy atom. The first-order valence-corrected chi connectivity index (χ1v) is 8.47. The summed E-state index contributed by atoms with van der Waals surface area (Å²) in [4.78, 5) is 11.9. The van der Waals surface area contributed by atoms with E-state index in [1.54, 1.807) is 24.3 Å². The van der Waals surface area contributed by atoms with Gasteiger partial charge in [0.1, 0.15) is 0 Å². The van der Waals surface area contributed by atoms with Crippen molar-refractivity contribution in [3.63, 3.8) is 0 Å². The summed E-state index contributed by atoms with van der Waals surface area (Å²) < 4.78 is 0. The van der Waals surface area contributed by atoms with Crippen molar-refractivity contribution in [2.45, 2.75) is 12.5 Å². The molecule has 2 amide bonds. The number of nitrogens with one attached hydrogen (secondary N) is 2. The molecule has 5 heteroatoms. The maximum absolute atomic E-state index is 11.9. The number of carbonyl (C=O) groups is 1. The third-order valence-electron chi connectivity index (χ3n) is 3.97. The summed E-state index contributed by atoms with van der Waals surface area (Å²) in [5.74, 6) is 0. The number of aliphatic hydroxyl groups is 1. The lowest BCUT2D eigenvalue weighted by Gasteiger charge is -2.14. The van der Waals surface area contributed by atoms with E-state index in [1.165, 1.54) is 0 Å². The third-order valence-corrected chi connectivity index (χ3v) is 4.20. The molecule has 128 valence electrons. The Kier molecular flexibility index (Phi) is 5.53. The molecule has 0 saturated heterocycles. The Bertz CT molecular complexity index is 877. The summed E-state index contributed by atoms with van der Waals surface area (Å²) in [5.41, 5.74) is 1.50. The average molecular weight is 355 g/mol.